The van der Waals surface area contributed by atoms with Crippen LogP contribution in [-0.2, 0) is 31.2 Å². The van der Waals surface area contributed by atoms with Crippen LogP contribution in [0, 0.1) is 5.92 Å². The summed E-state index contributed by atoms with van der Waals surface area (Å²) in [4.78, 5) is 40.7. The van der Waals surface area contributed by atoms with E-state index >= 15 is 0 Å². The van der Waals surface area contributed by atoms with Crippen LogP contribution in [0.1, 0.15) is 75.3 Å². The number of hydrogen-bond donors (Lipinski definition) is 3. The number of halogens is 2. The van der Waals surface area contributed by atoms with Gasteiger partial charge in [-0.15, -0.1) is 21.5 Å². The lowest BCUT2D eigenvalue weighted by Gasteiger charge is -2.22. The zero-order valence-electron chi connectivity index (χ0n) is 25.2. The molecular formula is C32H34Cl2N6O3S2. The maximum absolute atomic E-state index is 13.4. The van der Waals surface area contributed by atoms with E-state index in [0.29, 0.717) is 43.7 Å². The number of nitrogens with one attached hydrogen (secondary N) is 3. The minimum atomic E-state index is -0.443. The van der Waals surface area contributed by atoms with Gasteiger partial charge >= 0.3 is 0 Å². The largest absolute Gasteiger partial charge is 0.348 e. The molecule has 0 radical (unpaired) electrons. The number of aryl methyl sites for hydroxylation is 1. The van der Waals surface area contributed by atoms with Crippen molar-refractivity contribution in [1.29, 1.82) is 0 Å². The second-order valence-corrected chi connectivity index (χ2v) is 14.0. The van der Waals surface area contributed by atoms with Crippen LogP contribution in [0.15, 0.2) is 53.7 Å². The molecule has 0 fully saturated rings. The Hall–Kier alpha value is -3.38. The minimum Gasteiger partial charge on any atom is -0.348 e. The van der Waals surface area contributed by atoms with Gasteiger partial charge in [0.25, 0.3) is 11.8 Å². The lowest BCUT2D eigenvalue weighted by molar-refractivity contribution is -0.113. The molecule has 4 aromatic rings. The molecular weight excluding hydrogens is 651 g/mol. The van der Waals surface area contributed by atoms with Crippen molar-refractivity contribution in [3.8, 4) is 0 Å². The zero-order chi connectivity index (χ0) is 32.1. The van der Waals surface area contributed by atoms with E-state index in [9.17, 15) is 14.4 Å². The summed E-state index contributed by atoms with van der Waals surface area (Å²) in [5.41, 5.74) is 3.00. The number of aromatic nitrogens is 3. The molecule has 9 nitrogen and oxygen atoms in total. The monoisotopic (exact) mass is 684 g/mol. The Balaban J connectivity index is 1.25. The second-order valence-electron chi connectivity index (χ2n) is 11.1. The average Bonchev–Trinajstić information content (AvgIpc) is 3.58. The summed E-state index contributed by atoms with van der Waals surface area (Å²) < 4.78 is 1.78. The fourth-order valence-electron chi connectivity index (χ4n) is 5.17. The van der Waals surface area contributed by atoms with E-state index in [0.717, 1.165) is 41.7 Å². The zero-order valence-corrected chi connectivity index (χ0v) is 28.3. The van der Waals surface area contributed by atoms with Crippen LogP contribution in [0.3, 0.4) is 0 Å². The van der Waals surface area contributed by atoms with Crippen molar-refractivity contribution < 1.29 is 14.4 Å². The van der Waals surface area contributed by atoms with Crippen LogP contribution in [0.5, 0.6) is 0 Å². The van der Waals surface area contributed by atoms with Crippen LogP contribution in [-0.4, -0.2) is 38.2 Å². The number of thiophene rings is 1. The van der Waals surface area contributed by atoms with Gasteiger partial charge in [0.15, 0.2) is 11.0 Å². The number of fused-ring (bicyclic) bond motifs is 1. The molecule has 1 atom stereocenters. The quantitative estimate of drug-likeness (QED) is 0.149. The summed E-state index contributed by atoms with van der Waals surface area (Å²) >= 11 is 14.8. The first-order valence-corrected chi connectivity index (χ1v) is 17.2. The van der Waals surface area contributed by atoms with Gasteiger partial charge < -0.3 is 20.5 Å². The maximum atomic E-state index is 13.4. The Morgan fingerprint density at radius 3 is 2.49 bits per heavy atom. The number of benzene rings is 2. The molecule has 236 valence electrons. The first kappa shape index (κ1) is 33.0. The molecule has 1 aliphatic carbocycles. The molecule has 0 saturated carbocycles. The number of amides is 3. The summed E-state index contributed by atoms with van der Waals surface area (Å²) in [7, 11) is 1.80. The third-order valence-corrected chi connectivity index (χ3v) is 10.5. The molecule has 0 saturated heterocycles. The lowest BCUT2D eigenvalue weighted by Crippen LogP contribution is -2.33. The van der Waals surface area contributed by atoms with Crippen LogP contribution in [0.4, 0.5) is 5.00 Å². The molecule has 0 spiro atoms. The van der Waals surface area contributed by atoms with Crippen molar-refractivity contribution in [1.82, 2.24) is 25.4 Å². The van der Waals surface area contributed by atoms with E-state index < -0.39 is 6.04 Å². The van der Waals surface area contributed by atoms with Crippen molar-refractivity contribution >= 4 is 69.0 Å². The first-order valence-electron chi connectivity index (χ1n) is 14.7. The van der Waals surface area contributed by atoms with E-state index in [1.165, 1.54) is 29.2 Å². The highest BCUT2D eigenvalue weighted by atomic mass is 35.5. The van der Waals surface area contributed by atoms with Gasteiger partial charge in [0.1, 0.15) is 5.00 Å². The molecule has 5 rings (SSSR count). The fraction of sp³-hybridized carbons (Fsp3) is 0.344. The average molecular weight is 686 g/mol. The van der Waals surface area contributed by atoms with Crippen molar-refractivity contribution in [2.75, 3.05) is 11.1 Å². The van der Waals surface area contributed by atoms with E-state index in [4.69, 9.17) is 23.2 Å². The van der Waals surface area contributed by atoms with Crippen LogP contribution in [0.2, 0.25) is 10.0 Å². The molecule has 2 heterocycles. The molecule has 0 bridgehead atoms. The van der Waals surface area contributed by atoms with E-state index in [1.807, 2.05) is 44.2 Å². The molecule has 3 N–H and O–H groups in total. The normalized spacial score (nSPS) is 13.3. The number of nitrogens with zero attached hydrogens (tertiary/aromatic N) is 3. The van der Waals surface area contributed by atoms with Crippen molar-refractivity contribution in [3.05, 3.63) is 91.5 Å². The number of rotatable bonds is 11. The van der Waals surface area contributed by atoms with Gasteiger partial charge in [-0.25, -0.2) is 0 Å². The summed E-state index contributed by atoms with van der Waals surface area (Å²) in [5.74, 6) is -0.107. The van der Waals surface area contributed by atoms with Gasteiger partial charge in [0.05, 0.1) is 27.4 Å². The van der Waals surface area contributed by atoms with Gasteiger partial charge in [0, 0.05) is 24.0 Å². The summed E-state index contributed by atoms with van der Waals surface area (Å²) in [6.45, 7) is 4.36. The predicted octanol–water partition coefficient (Wildman–Crippen LogP) is 6.85. The number of thioether (sulfide) groups is 1. The highest BCUT2D eigenvalue weighted by molar-refractivity contribution is 7.99. The standard InChI is InChI=1S/C32H34Cl2N6O3S2/c1-18(2)27(37-29(42)20-13-14-22(33)23(34)15-20)28-38-39-32(40(28)3)44-17-25(41)36-31-26(21-11-7-8-12-24(21)45-31)30(43)35-16-19-9-5-4-6-10-19/h4-6,9-10,13-15,18,27H,7-8,11-12,16-17H2,1-3H3,(H,35,43)(H,36,41)(H,37,42)/t27-/m0/s1. The topological polar surface area (TPSA) is 118 Å². The number of carbonyl (C=O) groups excluding carboxylic acids is 3. The Kier molecular flexibility index (Phi) is 10.9. The van der Waals surface area contributed by atoms with Gasteiger partial charge in [0.2, 0.25) is 5.91 Å². The molecule has 0 aliphatic heterocycles. The van der Waals surface area contributed by atoms with Crippen molar-refractivity contribution in [2.24, 2.45) is 13.0 Å². The Bertz CT molecular complexity index is 1710. The van der Waals surface area contributed by atoms with Gasteiger partial charge in [-0.3, -0.25) is 14.4 Å². The molecule has 45 heavy (non-hydrogen) atoms. The van der Waals surface area contributed by atoms with Crippen LogP contribution >= 0.6 is 46.3 Å². The summed E-state index contributed by atoms with van der Waals surface area (Å²) in [5, 5.41) is 19.5. The summed E-state index contributed by atoms with van der Waals surface area (Å²) in [6, 6.07) is 14.0. The molecule has 13 heteroatoms. The molecule has 1 aliphatic rings. The first-order chi connectivity index (χ1) is 21.6. The predicted molar refractivity (Wildman–Crippen MR) is 180 cm³/mol. The minimum absolute atomic E-state index is 0.00269. The Morgan fingerprint density at radius 2 is 1.76 bits per heavy atom. The van der Waals surface area contributed by atoms with E-state index in [-0.39, 0.29) is 29.4 Å². The third kappa shape index (κ3) is 7.89. The summed E-state index contributed by atoms with van der Waals surface area (Å²) in [6.07, 6.45) is 3.82. The Morgan fingerprint density at radius 1 is 1.00 bits per heavy atom. The van der Waals surface area contributed by atoms with Gasteiger partial charge in [-0.05, 0) is 60.9 Å². The van der Waals surface area contributed by atoms with Crippen LogP contribution < -0.4 is 16.0 Å². The van der Waals surface area contributed by atoms with E-state index in [1.54, 1.807) is 23.7 Å². The highest BCUT2D eigenvalue weighted by Gasteiger charge is 2.28. The van der Waals surface area contributed by atoms with Crippen molar-refractivity contribution in [2.45, 2.75) is 57.3 Å². The van der Waals surface area contributed by atoms with E-state index in [2.05, 4.69) is 26.1 Å². The Labute approximate surface area is 280 Å². The lowest BCUT2D eigenvalue weighted by atomic mass is 9.95. The second kappa shape index (κ2) is 14.8. The molecule has 2 aromatic carbocycles. The third-order valence-electron chi connectivity index (χ3n) is 7.56. The number of hydrogen-bond acceptors (Lipinski definition) is 7. The number of anilines is 1. The molecule has 3 amide bonds. The fourth-order valence-corrected chi connectivity index (χ4v) is 7.49. The highest BCUT2D eigenvalue weighted by Crippen LogP contribution is 2.38. The maximum Gasteiger partial charge on any atom is 0.254 e. The number of carbonyl (C=O) groups is 3. The van der Waals surface area contributed by atoms with Gasteiger partial charge in [-0.2, -0.15) is 0 Å². The molecule has 2 aromatic heterocycles. The van der Waals surface area contributed by atoms with Crippen LogP contribution in [0.25, 0.3) is 0 Å². The smallest absolute Gasteiger partial charge is 0.254 e. The molecule has 0 unspecified atom stereocenters. The van der Waals surface area contributed by atoms with Crippen molar-refractivity contribution in [3.63, 3.8) is 0 Å². The SMILES string of the molecule is CC(C)[C@H](NC(=O)c1ccc(Cl)c(Cl)c1)c1nnc(SCC(=O)Nc2sc3c(c2C(=O)NCc2ccccc2)CCCC3)n1C. The van der Waals surface area contributed by atoms with Gasteiger partial charge in [-0.1, -0.05) is 79.1 Å².